The van der Waals surface area contributed by atoms with E-state index in [-0.39, 0.29) is 11.5 Å². The fraction of sp³-hybridized carbons (Fsp3) is 0.385. The molecule has 2 aromatic heterocycles. The lowest BCUT2D eigenvalue weighted by molar-refractivity contribution is 0.0949. The molecule has 1 N–H and O–H groups in total. The monoisotopic (exact) mass is 477 g/mol. The zero-order chi connectivity index (χ0) is 24.4. The van der Waals surface area contributed by atoms with E-state index in [1.807, 2.05) is 11.3 Å². The maximum Gasteiger partial charge on any atom is 0.262 e. The van der Waals surface area contributed by atoms with Gasteiger partial charge in [-0.25, -0.2) is 0 Å². The lowest BCUT2D eigenvalue weighted by Crippen LogP contribution is -2.28. The topological polar surface area (TPSA) is 81.3 Å². The molecule has 4 aromatic rings. The highest BCUT2D eigenvalue weighted by atomic mass is 32.2. The molecule has 0 spiro atoms. The number of aryl methyl sites for hydroxylation is 3. The van der Waals surface area contributed by atoms with Gasteiger partial charge in [-0.1, -0.05) is 56.3 Å². The van der Waals surface area contributed by atoms with Gasteiger partial charge in [0.2, 0.25) is 5.78 Å². The Bertz CT molecular complexity index is 1420. The minimum absolute atomic E-state index is 0.114. The third-order valence-electron chi connectivity index (χ3n) is 5.81. The van der Waals surface area contributed by atoms with E-state index in [4.69, 9.17) is 0 Å². The van der Waals surface area contributed by atoms with Crippen LogP contribution in [0.4, 0.5) is 0 Å². The normalized spacial score (nSPS) is 11.6. The molecule has 1 amide bonds. The first-order valence-corrected chi connectivity index (χ1v) is 12.7. The van der Waals surface area contributed by atoms with Crippen LogP contribution in [-0.2, 0) is 12.3 Å². The lowest BCUT2D eigenvalue weighted by Gasteiger charge is -2.13. The van der Waals surface area contributed by atoms with Gasteiger partial charge in [-0.2, -0.15) is 0 Å². The SMILES string of the molecule is CCCn1c(=O)c2ccc(C(=O)NCC(C)C)cc2n2c(SCc3cc(C)ccc3C)nnc12. The largest absolute Gasteiger partial charge is 0.352 e. The number of benzene rings is 2. The first-order valence-electron chi connectivity index (χ1n) is 11.7. The molecule has 2 aromatic carbocycles. The van der Waals surface area contributed by atoms with Crippen molar-refractivity contribution >= 4 is 34.3 Å². The molecule has 0 aliphatic rings. The first kappa shape index (κ1) is 24.0. The average molecular weight is 478 g/mol. The first-order chi connectivity index (χ1) is 16.3. The van der Waals surface area contributed by atoms with Gasteiger partial charge in [-0.3, -0.25) is 18.6 Å². The Labute approximate surface area is 203 Å². The van der Waals surface area contributed by atoms with Gasteiger partial charge in [-0.05, 0) is 55.5 Å². The maximum absolute atomic E-state index is 13.3. The molecule has 8 heteroatoms. The summed E-state index contributed by atoms with van der Waals surface area (Å²) in [6, 6.07) is 11.7. The van der Waals surface area contributed by atoms with E-state index in [2.05, 4.69) is 61.4 Å². The van der Waals surface area contributed by atoms with E-state index >= 15 is 0 Å². The van der Waals surface area contributed by atoms with E-state index in [9.17, 15) is 9.59 Å². The summed E-state index contributed by atoms with van der Waals surface area (Å²) in [6.45, 7) is 11.5. The Morgan fingerprint density at radius 3 is 2.65 bits per heavy atom. The number of nitrogens with zero attached hydrogens (tertiary/aromatic N) is 4. The number of nitrogens with one attached hydrogen (secondary N) is 1. The Kier molecular flexibility index (Phi) is 7.07. The summed E-state index contributed by atoms with van der Waals surface area (Å²) in [7, 11) is 0. The van der Waals surface area contributed by atoms with E-state index < -0.39 is 0 Å². The fourth-order valence-corrected chi connectivity index (χ4v) is 4.94. The Morgan fingerprint density at radius 2 is 1.91 bits per heavy atom. The third kappa shape index (κ3) is 4.73. The van der Waals surface area contributed by atoms with Crippen molar-refractivity contribution in [2.45, 2.75) is 58.5 Å². The van der Waals surface area contributed by atoms with Crippen LogP contribution in [0, 0.1) is 19.8 Å². The van der Waals surface area contributed by atoms with Gasteiger partial charge >= 0.3 is 0 Å². The van der Waals surface area contributed by atoms with Crippen molar-refractivity contribution in [3.63, 3.8) is 0 Å². The molecule has 0 saturated carbocycles. The van der Waals surface area contributed by atoms with Crippen LogP contribution in [0.2, 0.25) is 0 Å². The van der Waals surface area contributed by atoms with Crippen molar-refractivity contribution in [2.24, 2.45) is 5.92 Å². The molecule has 178 valence electrons. The number of carbonyl (C=O) groups excluding carboxylic acids is 1. The molecule has 34 heavy (non-hydrogen) atoms. The van der Waals surface area contributed by atoms with Gasteiger partial charge in [0.25, 0.3) is 11.5 Å². The highest BCUT2D eigenvalue weighted by Gasteiger charge is 2.18. The summed E-state index contributed by atoms with van der Waals surface area (Å²) in [4.78, 5) is 26.0. The molecule has 7 nitrogen and oxygen atoms in total. The van der Waals surface area contributed by atoms with Crippen LogP contribution in [0.1, 0.15) is 54.2 Å². The van der Waals surface area contributed by atoms with E-state index in [0.717, 1.165) is 12.2 Å². The van der Waals surface area contributed by atoms with Crippen molar-refractivity contribution in [1.82, 2.24) is 24.5 Å². The molecule has 0 fully saturated rings. The minimum Gasteiger partial charge on any atom is -0.352 e. The molecular weight excluding hydrogens is 446 g/mol. The smallest absolute Gasteiger partial charge is 0.262 e. The van der Waals surface area contributed by atoms with Crippen LogP contribution in [0.25, 0.3) is 16.7 Å². The summed E-state index contributed by atoms with van der Waals surface area (Å²) in [6.07, 6.45) is 0.800. The third-order valence-corrected chi connectivity index (χ3v) is 6.79. The molecule has 4 rings (SSSR count). The highest BCUT2D eigenvalue weighted by molar-refractivity contribution is 7.98. The zero-order valence-electron chi connectivity index (χ0n) is 20.4. The second kappa shape index (κ2) is 10.0. The predicted molar refractivity (Wildman–Crippen MR) is 138 cm³/mol. The molecule has 0 unspecified atom stereocenters. The van der Waals surface area contributed by atoms with Crippen LogP contribution in [0.5, 0.6) is 0 Å². The molecule has 0 aliphatic heterocycles. The molecule has 0 radical (unpaired) electrons. The zero-order valence-corrected chi connectivity index (χ0v) is 21.2. The van der Waals surface area contributed by atoms with Crippen molar-refractivity contribution in [1.29, 1.82) is 0 Å². The van der Waals surface area contributed by atoms with Gasteiger partial charge < -0.3 is 5.32 Å². The second-order valence-electron chi connectivity index (χ2n) is 9.13. The fourth-order valence-electron chi connectivity index (χ4n) is 3.94. The molecule has 0 saturated heterocycles. The molecule has 0 atom stereocenters. The summed E-state index contributed by atoms with van der Waals surface area (Å²) in [5, 5.41) is 13.0. The quantitative estimate of drug-likeness (QED) is 0.371. The summed E-state index contributed by atoms with van der Waals surface area (Å²) in [5.41, 5.74) is 4.73. The number of fused-ring (bicyclic) bond motifs is 3. The lowest BCUT2D eigenvalue weighted by atomic mass is 10.1. The van der Waals surface area contributed by atoms with Crippen LogP contribution < -0.4 is 10.9 Å². The van der Waals surface area contributed by atoms with Gasteiger partial charge in [0.1, 0.15) is 0 Å². The Morgan fingerprint density at radius 1 is 1.12 bits per heavy atom. The van der Waals surface area contributed by atoms with Crippen molar-refractivity contribution < 1.29 is 4.79 Å². The highest BCUT2D eigenvalue weighted by Crippen LogP contribution is 2.27. The summed E-state index contributed by atoms with van der Waals surface area (Å²) < 4.78 is 3.59. The maximum atomic E-state index is 13.3. The predicted octanol–water partition coefficient (Wildman–Crippen LogP) is 4.75. The van der Waals surface area contributed by atoms with Crippen molar-refractivity contribution in [3.05, 3.63) is 69.0 Å². The van der Waals surface area contributed by atoms with Crippen LogP contribution in [0.15, 0.2) is 46.3 Å². The molecule has 0 bridgehead atoms. The van der Waals surface area contributed by atoms with Crippen LogP contribution >= 0.6 is 11.8 Å². The van der Waals surface area contributed by atoms with Gasteiger partial charge in [0, 0.05) is 24.4 Å². The standard InChI is InChI=1S/C26H31N5O2S/c1-6-11-30-24(33)21-10-9-19(23(32)27-14-16(2)3)13-22(21)31-25(30)28-29-26(31)34-15-20-12-17(4)7-8-18(20)5/h7-10,12-13,16H,6,11,14-15H2,1-5H3,(H,27,32). The number of amides is 1. The number of aromatic nitrogens is 4. The number of rotatable bonds is 8. The summed E-state index contributed by atoms with van der Waals surface area (Å²) in [5.74, 6) is 1.43. The molecular formula is C26H31N5O2S. The van der Waals surface area contributed by atoms with Crippen LogP contribution in [0.3, 0.4) is 0 Å². The van der Waals surface area contributed by atoms with Gasteiger partial charge in [-0.15, -0.1) is 10.2 Å². The second-order valence-corrected chi connectivity index (χ2v) is 10.1. The number of thioether (sulfide) groups is 1. The van der Waals surface area contributed by atoms with Gasteiger partial charge in [0.05, 0.1) is 10.9 Å². The van der Waals surface area contributed by atoms with E-state index in [0.29, 0.717) is 46.4 Å². The van der Waals surface area contributed by atoms with E-state index in [1.54, 1.807) is 34.5 Å². The molecule has 0 aliphatic carbocycles. The Hall–Kier alpha value is -3.13. The van der Waals surface area contributed by atoms with Crippen molar-refractivity contribution in [3.8, 4) is 0 Å². The number of hydrogen-bond acceptors (Lipinski definition) is 5. The average Bonchev–Trinajstić information content (AvgIpc) is 3.24. The molecule has 2 heterocycles. The van der Waals surface area contributed by atoms with Crippen molar-refractivity contribution in [2.75, 3.05) is 6.54 Å². The minimum atomic E-state index is -0.154. The number of hydrogen-bond donors (Lipinski definition) is 1. The van der Waals surface area contributed by atoms with E-state index in [1.165, 1.54) is 16.7 Å². The van der Waals surface area contributed by atoms with Crippen LogP contribution in [-0.4, -0.2) is 31.6 Å². The summed E-state index contributed by atoms with van der Waals surface area (Å²) >= 11 is 1.58. The Balaban J connectivity index is 1.83. The van der Waals surface area contributed by atoms with Gasteiger partial charge in [0.15, 0.2) is 5.16 Å². The number of carbonyl (C=O) groups is 1.